The third-order valence-corrected chi connectivity index (χ3v) is 4.93. The van der Waals surface area contributed by atoms with Crippen molar-refractivity contribution in [1.29, 1.82) is 0 Å². The summed E-state index contributed by atoms with van der Waals surface area (Å²) < 4.78 is 7.31. The zero-order valence-corrected chi connectivity index (χ0v) is 14.0. The molecular formula is C19H19N3O3. The smallest absolute Gasteiger partial charge is 0.349 e. The van der Waals surface area contributed by atoms with Crippen molar-refractivity contribution in [3.05, 3.63) is 64.5 Å². The van der Waals surface area contributed by atoms with Crippen LogP contribution in [0.25, 0.3) is 11.0 Å². The maximum Gasteiger partial charge on any atom is 0.349 e. The molecule has 3 heterocycles. The van der Waals surface area contributed by atoms with Crippen LogP contribution < -0.4 is 5.63 Å². The Labute approximate surface area is 144 Å². The zero-order chi connectivity index (χ0) is 17.4. The topological polar surface area (TPSA) is 68.3 Å². The highest BCUT2D eigenvalue weighted by molar-refractivity contribution is 5.96. The van der Waals surface area contributed by atoms with Gasteiger partial charge in [-0.2, -0.15) is 0 Å². The monoisotopic (exact) mass is 337 g/mol. The number of piperidine rings is 1. The fraction of sp³-hybridized carbons (Fsp3) is 0.316. The van der Waals surface area contributed by atoms with Crippen LogP contribution in [0.2, 0.25) is 0 Å². The second-order valence-electron chi connectivity index (χ2n) is 6.48. The number of para-hydroxylation sites is 1. The van der Waals surface area contributed by atoms with E-state index < -0.39 is 5.63 Å². The van der Waals surface area contributed by atoms with Crippen molar-refractivity contribution >= 4 is 16.9 Å². The van der Waals surface area contributed by atoms with E-state index in [9.17, 15) is 9.59 Å². The molecule has 25 heavy (non-hydrogen) atoms. The van der Waals surface area contributed by atoms with E-state index in [1.54, 1.807) is 29.4 Å². The standard InChI is InChI=1S/C19H19N3O3/c1-21-12-20-11-16(21)13-6-8-22(9-7-13)18(23)15-10-14-4-2-3-5-17(14)25-19(15)24/h2-5,10-13H,6-9H2,1H3. The van der Waals surface area contributed by atoms with Gasteiger partial charge in [-0.25, -0.2) is 9.78 Å². The minimum Gasteiger partial charge on any atom is -0.422 e. The molecule has 128 valence electrons. The van der Waals surface area contributed by atoms with Crippen LogP contribution in [0, 0.1) is 0 Å². The first-order valence-corrected chi connectivity index (χ1v) is 8.42. The van der Waals surface area contributed by atoms with E-state index in [4.69, 9.17) is 4.42 Å². The first-order chi connectivity index (χ1) is 12.1. The van der Waals surface area contributed by atoms with E-state index in [0.717, 1.165) is 18.2 Å². The molecule has 1 saturated heterocycles. The van der Waals surface area contributed by atoms with Crippen molar-refractivity contribution in [2.45, 2.75) is 18.8 Å². The number of benzene rings is 1. The second kappa shape index (κ2) is 6.20. The van der Waals surface area contributed by atoms with E-state index >= 15 is 0 Å². The molecule has 0 spiro atoms. The normalized spacial score (nSPS) is 15.6. The number of amides is 1. The third kappa shape index (κ3) is 2.84. The van der Waals surface area contributed by atoms with Gasteiger partial charge in [0.1, 0.15) is 11.1 Å². The van der Waals surface area contributed by atoms with Crippen molar-refractivity contribution in [2.24, 2.45) is 7.05 Å². The van der Waals surface area contributed by atoms with Gasteiger partial charge < -0.3 is 13.9 Å². The number of carbonyl (C=O) groups is 1. The number of hydrogen-bond acceptors (Lipinski definition) is 4. The molecule has 3 aromatic rings. The van der Waals surface area contributed by atoms with E-state index in [1.165, 1.54) is 5.69 Å². The first kappa shape index (κ1) is 15.6. The Kier molecular flexibility index (Phi) is 3.87. The molecule has 0 unspecified atom stereocenters. The molecule has 2 aromatic heterocycles. The Morgan fingerprint density at radius 2 is 2.00 bits per heavy atom. The van der Waals surface area contributed by atoms with E-state index in [-0.39, 0.29) is 11.5 Å². The van der Waals surface area contributed by atoms with Crippen LogP contribution in [0.5, 0.6) is 0 Å². The lowest BCUT2D eigenvalue weighted by molar-refractivity contribution is 0.0707. The van der Waals surface area contributed by atoms with Crippen LogP contribution in [-0.2, 0) is 7.05 Å². The summed E-state index contributed by atoms with van der Waals surface area (Å²) in [5.74, 6) is 0.146. The van der Waals surface area contributed by atoms with Crippen LogP contribution in [0.1, 0.15) is 34.8 Å². The number of likely N-dealkylation sites (tertiary alicyclic amines) is 1. The number of aromatic nitrogens is 2. The zero-order valence-electron chi connectivity index (χ0n) is 14.0. The molecule has 0 aliphatic carbocycles. The van der Waals surface area contributed by atoms with Gasteiger partial charge in [0.15, 0.2) is 0 Å². The molecule has 0 bridgehead atoms. The fourth-order valence-electron chi connectivity index (χ4n) is 3.52. The third-order valence-electron chi connectivity index (χ3n) is 4.93. The minimum absolute atomic E-state index is 0.109. The molecular weight excluding hydrogens is 318 g/mol. The Morgan fingerprint density at radius 1 is 1.24 bits per heavy atom. The number of fused-ring (bicyclic) bond motifs is 1. The molecule has 0 radical (unpaired) electrons. The van der Waals surface area contributed by atoms with Gasteiger partial charge in [0.05, 0.1) is 6.33 Å². The SMILES string of the molecule is Cn1cncc1C1CCN(C(=O)c2cc3ccccc3oc2=O)CC1. The first-order valence-electron chi connectivity index (χ1n) is 8.42. The van der Waals surface area contributed by atoms with Gasteiger partial charge in [-0.15, -0.1) is 0 Å². The summed E-state index contributed by atoms with van der Waals surface area (Å²) in [6.07, 6.45) is 5.42. The molecule has 1 aromatic carbocycles. The highest BCUT2D eigenvalue weighted by Gasteiger charge is 2.27. The van der Waals surface area contributed by atoms with Crippen molar-refractivity contribution in [3.63, 3.8) is 0 Å². The van der Waals surface area contributed by atoms with Crippen molar-refractivity contribution < 1.29 is 9.21 Å². The fourth-order valence-corrected chi connectivity index (χ4v) is 3.52. The number of hydrogen-bond donors (Lipinski definition) is 0. The summed E-state index contributed by atoms with van der Waals surface area (Å²) in [5, 5.41) is 0.759. The lowest BCUT2D eigenvalue weighted by Crippen LogP contribution is -2.40. The Morgan fingerprint density at radius 3 is 2.72 bits per heavy atom. The number of carbonyl (C=O) groups excluding carboxylic acids is 1. The predicted molar refractivity (Wildman–Crippen MR) is 93.6 cm³/mol. The van der Waals surface area contributed by atoms with Crippen LogP contribution in [0.4, 0.5) is 0 Å². The van der Waals surface area contributed by atoms with Crippen LogP contribution in [0.3, 0.4) is 0 Å². The average Bonchev–Trinajstić information content (AvgIpc) is 3.06. The second-order valence-corrected chi connectivity index (χ2v) is 6.48. The number of rotatable bonds is 2. The van der Waals surface area contributed by atoms with Crippen molar-refractivity contribution in [3.8, 4) is 0 Å². The molecule has 6 heteroatoms. The van der Waals surface area contributed by atoms with Crippen LogP contribution in [0.15, 0.2) is 52.1 Å². The van der Waals surface area contributed by atoms with Gasteiger partial charge in [-0.3, -0.25) is 4.79 Å². The summed E-state index contributed by atoms with van der Waals surface area (Å²) in [7, 11) is 1.99. The largest absolute Gasteiger partial charge is 0.422 e. The van der Waals surface area contributed by atoms with Crippen molar-refractivity contribution in [2.75, 3.05) is 13.1 Å². The summed E-state index contributed by atoms with van der Waals surface area (Å²) in [6.45, 7) is 1.25. The van der Waals surface area contributed by atoms with E-state index in [2.05, 4.69) is 4.98 Å². The van der Waals surface area contributed by atoms with Gasteiger partial charge in [-0.1, -0.05) is 18.2 Å². The number of imidazole rings is 1. The van der Waals surface area contributed by atoms with Crippen LogP contribution >= 0.6 is 0 Å². The Balaban J connectivity index is 1.54. The van der Waals surface area contributed by atoms with Gasteiger partial charge in [-0.05, 0) is 25.0 Å². The molecule has 4 rings (SSSR count). The average molecular weight is 337 g/mol. The molecule has 1 amide bonds. The molecule has 0 atom stereocenters. The highest BCUT2D eigenvalue weighted by atomic mass is 16.4. The molecule has 1 aliphatic heterocycles. The van der Waals surface area contributed by atoms with Gasteiger partial charge in [0.25, 0.3) is 5.91 Å². The van der Waals surface area contributed by atoms with Gasteiger partial charge in [0, 0.05) is 43.3 Å². The molecule has 1 fully saturated rings. The van der Waals surface area contributed by atoms with Gasteiger partial charge >= 0.3 is 5.63 Å². The maximum atomic E-state index is 12.8. The van der Waals surface area contributed by atoms with E-state index in [0.29, 0.717) is 24.6 Å². The Bertz CT molecular complexity index is 981. The quantitative estimate of drug-likeness (QED) is 0.674. The lowest BCUT2D eigenvalue weighted by Gasteiger charge is -2.31. The minimum atomic E-state index is -0.572. The summed E-state index contributed by atoms with van der Waals surface area (Å²) in [4.78, 5) is 30.9. The summed E-state index contributed by atoms with van der Waals surface area (Å²) >= 11 is 0. The van der Waals surface area contributed by atoms with Crippen molar-refractivity contribution in [1.82, 2.24) is 14.5 Å². The van der Waals surface area contributed by atoms with E-state index in [1.807, 2.05) is 29.9 Å². The highest BCUT2D eigenvalue weighted by Crippen LogP contribution is 2.28. The predicted octanol–water partition coefficient (Wildman–Crippen LogP) is 2.55. The van der Waals surface area contributed by atoms with Gasteiger partial charge in [0.2, 0.25) is 0 Å². The Hall–Kier alpha value is -2.89. The molecule has 1 aliphatic rings. The number of aryl methyl sites for hydroxylation is 1. The number of nitrogens with zero attached hydrogens (tertiary/aromatic N) is 3. The molecule has 0 saturated carbocycles. The molecule has 0 N–H and O–H groups in total. The van der Waals surface area contributed by atoms with Crippen LogP contribution in [-0.4, -0.2) is 33.4 Å². The maximum absolute atomic E-state index is 12.8. The summed E-state index contributed by atoms with van der Waals surface area (Å²) in [5.41, 5.74) is 1.23. The summed E-state index contributed by atoms with van der Waals surface area (Å²) in [6, 6.07) is 8.86. The molecule has 6 nitrogen and oxygen atoms in total. The lowest BCUT2D eigenvalue weighted by atomic mass is 9.93.